The summed E-state index contributed by atoms with van der Waals surface area (Å²) in [5.74, 6) is -12.5. The first-order chi connectivity index (χ1) is 14.2. The molecule has 0 N–H and O–H groups in total. The number of carbonyl (C=O) groups is 2. The van der Waals surface area contributed by atoms with E-state index in [1.807, 2.05) is 6.08 Å². The van der Waals surface area contributed by atoms with E-state index in [2.05, 4.69) is 10.8 Å². The summed E-state index contributed by atoms with van der Waals surface area (Å²) in [6, 6.07) is 0. The van der Waals surface area contributed by atoms with Crippen molar-refractivity contribution in [1.82, 2.24) is 0 Å². The Balaban J connectivity index is 1.69. The van der Waals surface area contributed by atoms with Crippen LogP contribution in [0.5, 0.6) is 0 Å². The van der Waals surface area contributed by atoms with Crippen molar-refractivity contribution in [2.75, 3.05) is 0 Å². The van der Waals surface area contributed by atoms with Crippen LogP contribution < -0.4 is 0 Å². The number of halogens is 5. The van der Waals surface area contributed by atoms with Gasteiger partial charge in [-0.2, -0.15) is 22.0 Å². The number of carbonyl (C=O) groups excluding carboxylic acids is 2. The second-order valence-electron chi connectivity index (χ2n) is 9.81. The van der Waals surface area contributed by atoms with Crippen molar-refractivity contribution in [1.29, 1.82) is 0 Å². The van der Waals surface area contributed by atoms with Gasteiger partial charge in [0.25, 0.3) is 0 Å². The number of hydrogen-bond donors (Lipinski definition) is 0. The molecule has 0 aromatic heterocycles. The summed E-state index contributed by atoms with van der Waals surface area (Å²) in [4.78, 5) is 23.4. The molecule has 1 spiro atoms. The number of alkyl halides is 5. The molecule has 1 aliphatic heterocycles. The zero-order valence-corrected chi connectivity index (χ0v) is 17.2. The van der Waals surface area contributed by atoms with E-state index in [1.54, 1.807) is 0 Å². The fraction of sp³-hybridized carbons (Fsp3) is 0.810. The van der Waals surface area contributed by atoms with Crippen LogP contribution in [0.2, 0.25) is 0 Å². The smallest absolute Gasteiger partial charge is 0.450 e. The fourth-order valence-electron chi connectivity index (χ4n) is 7.71. The topological polar surface area (TPSA) is 61.8 Å². The molecule has 1 saturated heterocycles. The number of ether oxygens (including phenoxy) is 3. The first kappa shape index (κ1) is 21.2. The molecular formula is C21H23F5O5. The normalized spacial score (nSPS) is 50.8. The predicted molar refractivity (Wildman–Crippen MR) is 93.4 cm³/mol. The van der Waals surface area contributed by atoms with E-state index in [9.17, 15) is 22.8 Å². The number of fused-ring (bicyclic) bond motifs is 10. The largest absolute Gasteiger partial charge is 0.462 e. The SMILES string of the molecule is CC(=O)OC1(C)C2(CC3CC2C2C4C=CC(C4)C32)OC(OC(C)=O)(C(F)(F)F)C1(F)F. The van der Waals surface area contributed by atoms with Gasteiger partial charge in [0.15, 0.2) is 0 Å². The second kappa shape index (κ2) is 5.80. The van der Waals surface area contributed by atoms with E-state index in [0.29, 0.717) is 13.3 Å². The minimum absolute atomic E-state index is 0.0654. The molecule has 3 saturated carbocycles. The van der Waals surface area contributed by atoms with Gasteiger partial charge in [-0.1, -0.05) is 12.2 Å². The third-order valence-electron chi connectivity index (χ3n) is 8.47. The molecular weight excluding hydrogens is 427 g/mol. The highest BCUT2D eigenvalue weighted by molar-refractivity contribution is 5.68. The Hall–Kier alpha value is -1.71. The molecule has 5 aliphatic rings. The first-order valence-corrected chi connectivity index (χ1v) is 10.4. The molecule has 0 aromatic carbocycles. The maximum absolute atomic E-state index is 15.9. The lowest BCUT2D eigenvalue weighted by Gasteiger charge is -2.49. The summed E-state index contributed by atoms with van der Waals surface area (Å²) in [7, 11) is 0. The Labute approximate surface area is 175 Å². The van der Waals surface area contributed by atoms with E-state index < -0.39 is 46.9 Å². The summed E-state index contributed by atoms with van der Waals surface area (Å²) >= 11 is 0. The Morgan fingerprint density at radius 2 is 1.58 bits per heavy atom. The molecule has 5 nitrogen and oxygen atoms in total. The second-order valence-corrected chi connectivity index (χ2v) is 9.81. The van der Waals surface area contributed by atoms with Crippen LogP contribution in [0.1, 0.15) is 40.0 Å². The minimum atomic E-state index is -5.76. The molecule has 4 aliphatic carbocycles. The number of allylic oxidation sites excluding steroid dienone is 2. The predicted octanol–water partition coefficient (Wildman–Crippen LogP) is 4.01. The van der Waals surface area contributed by atoms with E-state index in [-0.39, 0.29) is 36.0 Å². The molecule has 10 heteroatoms. The summed E-state index contributed by atoms with van der Waals surface area (Å²) in [6.45, 7) is 2.27. The molecule has 9 unspecified atom stereocenters. The van der Waals surface area contributed by atoms with Crippen LogP contribution in [0.15, 0.2) is 12.2 Å². The van der Waals surface area contributed by atoms with Crippen LogP contribution in [0.4, 0.5) is 22.0 Å². The van der Waals surface area contributed by atoms with Gasteiger partial charge in [0, 0.05) is 13.8 Å². The lowest BCUT2D eigenvalue weighted by atomic mass is 9.62. The fourth-order valence-corrected chi connectivity index (χ4v) is 7.71. The third-order valence-corrected chi connectivity index (χ3v) is 8.47. The third kappa shape index (κ3) is 2.20. The van der Waals surface area contributed by atoms with Crippen molar-refractivity contribution < 1.29 is 45.8 Å². The zero-order chi connectivity index (χ0) is 22.8. The van der Waals surface area contributed by atoms with E-state index >= 15 is 8.78 Å². The maximum Gasteiger partial charge on any atom is 0.462 e. The molecule has 0 aromatic rings. The van der Waals surface area contributed by atoms with Crippen molar-refractivity contribution in [2.45, 2.75) is 69.1 Å². The van der Waals surface area contributed by atoms with Crippen LogP contribution in [0, 0.1) is 35.5 Å². The molecule has 4 bridgehead atoms. The highest BCUT2D eigenvalue weighted by atomic mass is 19.4. The van der Waals surface area contributed by atoms with Gasteiger partial charge in [0.1, 0.15) is 5.60 Å². The van der Waals surface area contributed by atoms with Gasteiger partial charge in [-0.15, -0.1) is 0 Å². The standard InChI is InChI=1S/C21H23F5O5/c1-9(27)29-17(3)18(31-20(19(17,22)23,21(24,25)26)30-10(2)28)8-13-7-14(18)16-12-5-4-11(6-12)15(13)16/h4-5,11-16H,6-8H2,1-3H3. The summed E-state index contributed by atoms with van der Waals surface area (Å²) < 4.78 is 89.0. The van der Waals surface area contributed by atoms with Gasteiger partial charge >= 0.3 is 29.8 Å². The van der Waals surface area contributed by atoms with E-state index in [1.165, 1.54) is 0 Å². The van der Waals surface area contributed by atoms with Crippen LogP contribution in [-0.2, 0) is 23.8 Å². The lowest BCUT2D eigenvalue weighted by molar-refractivity contribution is -0.418. The van der Waals surface area contributed by atoms with Gasteiger partial charge in [0.2, 0.25) is 5.60 Å². The van der Waals surface area contributed by atoms with Gasteiger partial charge in [0.05, 0.1) is 0 Å². The van der Waals surface area contributed by atoms with Gasteiger partial charge in [-0.25, -0.2) is 0 Å². The molecule has 9 atom stereocenters. The molecule has 172 valence electrons. The lowest BCUT2D eigenvalue weighted by Crippen LogP contribution is -2.67. The number of esters is 2. The van der Waals surface area contributed by atoms with E-state index in [4.69, 9.17) is 9.47 Å². The quantitative estimate of drug-likeness (QED) is 0.275. The Morgan fingerprint density at radius 1 is 1.00 bits per heavy atom. The summed E-state index contributed by atoms with van der Waals surface area (Å²) in [5.41, 5.74) is -5.09. The molecule has 4 fully saturated rings. The van der Waals surface area contributed by atoms with Gasteiger partial charge in [-0.3, -0.25) is 9.59 Å². The van der Waals surface area contributed by atoms with Crippen molar-refractivity contribution in [3.63, 3.8) is 0 Å². The van der Waals surface area contributed by atoms with Gasteiger partial charge < -0.3 is 14.2 Å². The van der Waals surface area contributed by atoms with Crippen molar-refractivity contribution in [2.24, 2.45) is 35.5 Å². The Kier molecular flexibility index (Phi) is 3.95. The Bertz CT molecular complexity index is 886. The highest BCUT2D eigenvalue weighted by Gasteiger charge is 2.94. The van der Waals surface area contributed by atoms with Crippen LogP contribution >= 0.6 is 0 Å². The van der Waals surface area contributed by atoms with Crippen LogP contribution in [0.3, 0.4) is 0 Å². The van der Waals surface area contributed by atoms with Crippen LogP contribution in [0.25, 0.3) is 0 Å². The van der Waals surface area contributed by atoms with E-state index in [0.717, 1.165) is 20.3 Å². The van der Waals surface area contributed by atoms with Gasteiger partial charge in [-0.05, 0) is 61.7 Å². The van der Waals surface area contributed by atoms with Crippen molar-refractivity contribution in [3.8, 4) is 0 Å². The molecule has 1 heterocycles. The monoisotopic (exact) mass is 450 g/mol. The van der Waals surface area contributed by atoms with Crippen molar-refractivity contribution in [3.05, 3.63) is 12.2 Å². The van der Waals surface area contributed by atoms with Crippen LogP contribution in [-0.4, -0.2) is 41.0 Å². The zero-order valence-electron chi connectivity index (χ0n) is 17.2. The summed E-state index contributed by atoms with van der Waals surface area (Å²) in [5, 5.41) is 0. The molecule has 5 rings (SSSR count). The first-order valence-electron chi connectivity index (χ1n) is 10.4. The number of hydrogen-bond acceptors (Lipinski definition) is 5. The molecule has 0 amide bonds. The average Bonchev–Trinajstić information content (AvgIpc) is 3.38. The van der Waals surface area contributed by atoms with Crippen molar-refractivity contribution >= 4 is 11.9 Å². The average molecular weight is 450 g/mol. The maximum atomic E-state index is 15.9. The Morgan fingerprint density at radius 3 is 2.13 bits per heavy atom. The molecule has 0 radical (unpaired) electrons. The highest BCUT2D eigenvalue weighted by Crippen LogP contribution is 2.76. The minimum Gasteiger partial charge on any atom is -0.450 e. The molecule has 31 heavy (non-hydrogen) atoms. The number of rotatable bonds is 2. The summed E-state index contributed by atoms with van der Waals surface area (Å²) in [6.07, 6.45) is -0.525.